The third-order valence-corrected chi connectivity index (χ3v) is 8.17. The average molecular weight is 478 g/mol. The van der Waals surface area contributed by atoms with Gasteiger partial charge in [0.15, 0.2) is 0 Å². The lowest BCUT2D eigenvalue weighted by molar-refractivity contribution is 1.22. The molecule has 0 bridgehead atoms. The van der Waals surface area contributed by atoms with E-state index in [1.165, 1.54) is 31.3 Å². The predicted molar refractivity (Wildman–Crippen MR) is 152 cm³/mol. The molecule has 0 fully saturated rings. The van der Waals surface area contributed by atoms with Gasteiger partial charge in [0, 0.05) is 37.3 Å². The number of fused-ring (bicyclic) bond motifs is 8. The van der Waals surface area contributed by atoms with E-state index in [2.05, 4.69) is 95.5 Å². The highest BCUT2D eigenvalue weighted by Gasteiger charge is 2.16. The number of nitrogens with zero attached hydrogens (tertiary/aromatic N) is 3. The van der Waals surface area contributed by atoms with Crippen molar-refractivity contribution in [3.8, 4) is 22.4 Å². The molecule has 4 heterocycles. The third kappa shape index (κ3) is 2.85. The van der Waals surface area contributed by atoms with Crippen LogP contribution in [0.3, 0.4) is 0 Å². The Kier molecular flexibility index (Phi) is 4.10. The summed E-state index contributed by atoms with van der Waals surface area (Å²) in [6, 6.07) is 38.6. The Balaban J connectivity index is 1.31. The second kappa shape index (κ2) is 7.48. The Morgan fingerprint density at radius 3 is 2.19 bits per heavy atom. The third-order valence-electron chi connectivity index (χ3n) is 7.01. The molecule has 0 unspecified atom stereocenters. The van der Waals surface area contributed by atoms with E-state index in [-0.39, 0.29) is 0 Å². The number of benzene rings is 4. The fraction of sp³-hybridized carbons (Fsp3) is 0. The molecule has 0 aliphatic carbocycles. The summed E-state index contributed by atoms with van der Waals surface area (Å²) in [5, 5.41) is 3.72. The summed E-state index contributed by atoms with van der Waals surface area (Å²) in [5.41, 5.74) is 8.39. The topological polar surface area (TPSA) is 30.2 Å². The summed E-state index contributed by atoms with van der Waals surface area (Å²) < 4.78 is 4.81. The number of hydrogen-bond donors (Lipinski definition) is 0. The first-order valence-electron chi connectivity index (χ1n) is 12.0. The SMILES string of the molecule is c1ccc2c(c1)nc(-c1ccc(-c3ccc4sc5ccccc5c4c3)cc1)c1c2nc2ccccn21. The molecule has 0 saturated heterocycles. The maximum absolute atomic E-state index is 5.11. The van der Waals surface area contributed by atoms with Crippen LogP contribution in [0.15, 0.2) is 115 Å². The zero-order valence-electron chi connectivity index (χ0n) is 19.2. The molecule has 36 heavy (non-hydrogen) atoms. The summed E-state index contributed by atoms with van der Waals surface area (Å²) in [7, 11) is 0. The van der Waals surface area contributed by atoms with Gasteiger partial charge in [0.05, 0.1) is 16.7 Å². The minimum absolute atomic E-state index is 0.930. The number of rotatable bonds is 2. The lowest BCUT2D eigenvalue weighted by atomic mass is 10.00. The average Bonchev–Trinajstić information content (AvgIpc) is 3.51. The Hall–Kier alpha value is -4.54. The molecule has 0 spiro atoms. The van der Waals surface area contributed by atoms with Crippen molar-refractivity contribution in [2.45, 2.75) is 0 Å². The van der Waals surface area contributed by atoms with E-state index in [0.29, 0.717) is 0 Å². The number of para-hydroxylation sites is 1. The lowest BCUT2D eigenvalue weighted by Crippen LogP contribution is -1.92. The van der Waals surface area contributed by atoms with Crippen LogP contribution < -0.4 is 0 Å². The van der Waals surface area contributed by atoms with Gasteiger partial charge in [-0.15, -0.1) is 11.3 Å². The first-order chi connectivity index (χ1) is 17.8. The maximum Gasteiger partial charge on any atom is 0.137 e. The Bertz CT molecular complexity index is 2100. The van der Waals surface area contributed by atoms with Crippen LogP contribution in [0.2, 0.25) is 0 Å². The van der Waals surface area contributed by atoms with E-state index >= 15 is 0 Å². The molecule has 4 heteroatoms. The fourth-order valence-corrected chi connectivity index (χ4v) is 6.37. The van der Waals surface area contributed by atoms with Gasteiger partial charge >= 0.3 is 0 Å². The number of imidazole rings is 1. The molecule has 0 saturated carbocycles. The highest BCUT2D eigenvalue weighted by Crippen LogP contribution is 2.37. The molecule has 0 radical (unpaired) electrons. The zero-order chi connectivity index (χ0) is 23.6. The molecule has 3 nitrogen and oxygen atoms in total. The quantitative estimate of drug-likeness (QED) is 0.249. The first kappa shape index (κ1) is 19.7. The summed E-state index contributed by atoms with van der Waals surface area (Å²) in [6.07, 6.45) is 2.07. The molecule has 0 aliphatic heterocycles. The first-order valence-corrected chi connectivity index (χ1v) is 12.8. The molecule has 0 aliphatic rings. The molecule has 0 N–H and O–H groups in total. The van der Waals surface area contributed by atoms with Gasteiger partial charge in [-0.2, -0.15) is 0 Å². The Morgan fingerprint density at radius 2 is 1.28 bits per heavy atom. The molecule has 4 aromatic carbocycles. The van der Waals surface area contributed by atoms with Crippen LogP contribution in [0, 0.1) is 0 Å². The van der Waals surface area contributed by atoms with E-state index in [1.54, 1.807) is 0 Å². The number of thiophene rings is 1. The van der Waals surface area contributed by atoms with Crippen LogP contribution in [0.1, 0.15) is 0 Å². The number of aromatic nitrogens is 3. The summed E-state index contributed by atoms with van der Waals surface area (Å²) in [5.74, 6) is 0. The maximum atomic E-state index is 5.11. The van der Waals surface area contributed by atoms with Gasteiger partial charge in [-0.05, 0) is 47.5 Å². The Labute approximate surface area is 210 Å². The van der Waals surface area contributed by atoms with Crippen molar-refractivity contribution in [2.24, 2.45) is 0 Å². The molecule has 0 atom stereocenters. The second-order valence-electron chi connectivity index (χ2n) is 9.10. The molecule has 4 aromatic heterocycles. The number of hydrogen-bond acceptors (Lipinski definition) is 3. The molecular formula is C32H19N3S. The van der Waals surface area contributed by atoms with Crippen LogP contribution in [0.5, 0.6) is 0 Å². The van der Waals surface area contributed by atoms with E-state index in [0.717, 1.165) is 38.8 Å². The summed E-state index contributed by atoms with van der Waals surface area (Å²) in [4.78, 5) is 10.1. The second-order valence-corrected chi connectivity index (χ2v) is 10.2. The van der Waals surface area contributed by atoms with E-state index in [1.807, 2.05) is 35.6 Å². The van der Waals surface area contributed by atoms with Crippen molar-refractivity contribution < 1.29 is 0 Å². The monoisotopic (exact) mass is 477 g/mol. The highest BCUT2D eigenvalue weighted by molar-refractivity contribution is 7.25. The lowest BCUT2D eigenvalue weighted by Gasteiger charge is -2.09. The fourth-order valence-electron chi connectivity index (χ4n) is 5.28. The number of pyridine rings is 2. The molecule has 8 aromatic rings. The van der Waals surface area contributed by atoms with Crippen LogP contribution in [0.25, 0.3) is 70.1 Å². The smallest absolute Gasteiger partial charge is 0.137 e. The molecular weight excluding hydrogens is 458 g/mol. The predicted octanol–water partition coefficient (Wildman–Crippen LogP) is 8.74. The summed E-state index contributed by atoms with van der Waals surface area (Å²) in [6.45, 7) is 0. The zero-order valence-corrected chi connectivity index (χ0v) is 20.0. The van der Waals surface area contributed by atoms with Crippen molar-refractivity contribution in [1.82, 2.24) is 14.4 Å². The molecule has 8 rings (SSSR count). The van der Waals surface area contributed by atoms with E-state index in [9.17, 15) is 0 Å². The van der Waals surface area contributed by atoms with Crippen molar-refractivity contribution in [2.75, 3.05) is 0 Å². The van der Waals surface area contributed by atoms with Gasteiger partial charge in [-0.1, -0.05) is 72.8 Å². The van der Waals surface area contributed by atoms with Crippen molar-refractivity contribution >= 4 is 59.1 Å². The van der Waals surface area contributed by atoms with E-state index < -0.39 is 0 Å². The minimum atomic E-state index is 0.930. The van der Waals surface area contributed by atoms with Gasteiger partial charge in [-0.3, -0.25) is 4.40 Å². The summed E-state index contributed by atoms with van der Waals surface area (Å²) >= 11 is 1.85. The van der Waals surface area contributed by atoms with Crippen LogP contribution >= 0.6 is 11.3 Å². The van der Waals surface area contributed by atoms with Gasteiger partial charge in [-0.25, -0.2) is 9.97 Å². The van der Waals surface area contributed by atoms with Crippen molar-refractivity contribution in [1.29, 1.82) is 0 Å². The molecule has 0 amide bonds. The van der Waals surface area contributed by atoms with Crippen LogP contribution in [-0.2, 0) is 0 Å². The molecule has 168 valence electrons. The van der Waals surface area contributed by atoms with Crippen LogP contribution in [0.4, 0.5) is 0 Å². The highest BCUT2D eigenvalue weighted by atomic mass is 32.1. The Morgan fingerprint density at radius 1 is 0.556 bits per heavy atom. The largest absolute Gasteiger partial charge is 0.298 e. The van der Waals surface area contributed by atoms with Crippen molar-refractivity contribution in [3.63, 3.8) is 0 Å². The van der Waals surface area contributed by atoms with Gasteiger partial charge in [0.2, 0.25) is 0 Å². The van der Waals surface area contributed by atoms with Crippen LogP contribution in [-0.4, -0.2) is 14.4 Å². The van der Waals surface area contributed by atoms with Gasteiger partial charge in [0.25, 0.3) is 0 Å². The normalized spacial score (nSPS) is 11.9. The minimum Gasteiger partial charge on any atom is -0.298 e. The van der Waals surface area contributed by atoms with Gasteiger partial charge < -0.3 is 0 Å². The standard InChI is InChI=1S/C32H19N3S/c1-3-9-26-24(8-1)31-32(35-18-6-5-11-29(35)34-31)30(33-26)21-14-12-20(13-15-21)22-16-17-28-25(19-22)23-7-2-4-10-27(23)36-28/h1-19H. The van der Waals surface area contributed by atoms with E-state index in [4.69, 9.17) is 9.97 Å². The van der Waals surface area contributed by atoms with Crippen molar-refractivity contribution in [3.05, 3.63) is 115 Å². The van der Waals surface area contributed by atoms with Gasteiger partial charge in [0.1, 0.15) is 11.2 Å².